The van der Waals surface area contributed by atoms with Crippen LogP contribution in [0.4, 0.5) is 0 Å². The Balaban J connectivity index is 1.84. The molecule has 0 atom stereocenters. The smallest absolute Gasteiger partial charge is 0.203 e. The molecule has 0 spiro atoms. The van der Waals surface area contributed by atoms with Crippen molar-refractivity contribution >= 4 is 11.9 Å². The lowest BCUT2D eigenvalue weighted by atomic mass is 9.99. The van der Waals surface area contributed by atoms with Crippen molar-refractivity contribution in [3.63, 3.8) is 0 Å². The molecule has 0 aliphatic rings. The molecular formula is C25H22N2O3. The van der Waals surface area contributed by atoms with E-state index in [2.05, 4.69) is 4.98 Å². The number of carbonyl (C=O) groups excluding carboxylic acids is 1. The van der Waals surface area contributed by atoms with Gasteiger partial charge < -0.3 is 9.47 Å². The first kappa shape index (κ1) is 20.8. The van der Waals surface area contributed by atoms with Crippen LogP contribution in [0.5, 0.6) is 11.5 Å². The van der Waals surface area contributed by atoms with E-state index in [1.165, 1.54) is 7.11 Å². The quantitative estimate of drug-likeness (QED) is 0.315. The molecule has 0 saturated heterocycles. The van der Waals surface area contributed by atoms with E-state index in [4.69, 9.17) is 9.47 Å². The van der Waals surface area contributed by atoms with E-state index in [9.17, 15) is 10.1 Å². The molecular weight excluding hydrogens is 376 g/mol. The SMILES string of the molecule is COc1cccc(C(=O)/C(C#N)=C/c2cc(C)c(OCc3ccccn3)c(C)c2)c1. The Morgan fingerprint density at radius 1 is 1.10 bits per heavy atom. The Morgan fingerprint density at radius 3 is 2.50 bits per heavy atom. The molecule has 0 fully saturated rings. The van der Waals surface area contributed by atoms with Gasteiger partial charge in [-0.3, -0.25) is 9.78 Å². The Labute approximate surface area is 176 Å². The van der Waals surface area contributed by atoms with Gasteiger partial charge in [0.05, 0.1) is 12.8 Å². The van der Waals surface area contributed by atoms with Crippen LogP contribution in [0.3, 0.4) is 0 Å². The van der Waals surface area contributed by atoms with Crippen LogP contribution in [0.2, 0.25) is 0 Å². The summed E-state index contributed by atoms with van der Waals surface area (Å²) < 4.78 is 11.1. The van der Waals surface area contributed by atoms with E-state index >= 15 is 0 Å². The molecule has 0 unspecified atom stereocenters. The molecule has 3 aromatic rings. The Hall–Kier alpha value is -3.91. The number of carbonyl (C=O) groups is 1. The average Bonchev–Trinajstić information content (AvgIpc) is 2.77. The van der Waals surface area contributed by atoms with Gasteiger partial charge in [0.2, 0.25) is 5.78 Å². The molecule has 1 heterocycles. The van der Waals surface area contributed by atoms with Gasteiger partial charge in [-0.1, -0.05) is 18.2 Å². The summed E-state index contributed by atoms with van der Waals surface area (Å²) in [5.74, 6) is 0.997. The number of rotatable bonds is 7. The fourth-order valence-corrected chi connectivity index (χ4v) is 3.16. The molecule has 3 rings (SSSR count). The van der Waals surface area contributed by atoms with E-state index in [-0.39, 0.29) is 11.4 Å². The van der Waals surface area contributed by atoms with Gasteiger partial charge in [0.15, 0.2) is 0 Å². The number of nitriles is 1. The zero-order valence-electron chi connectivity index (χ0n) is 17.2. The van der Waals surface area contributed by atoms with Crippen molar-refractivity contribution in [1.29, 1.82) is 5.26 Å². The first-order valence-corrected chi connectivity index (χ1v) is 9.46. The number of methoxy groups -OCH3 is 1. The summed E-state index contributed by atoms with van der Waals surface area (Å²) in [6.07, 6.45) is 3.33. The standard InChI is InChI=1S/C25H22N2O3/c1-17-11-19(12-18(2)25(17)30-16-22-8-4-5-10-27-22)13-21(15-26)24(28)20-7-6-9-23(14-20)29-3/h4-14H,16H2,1-3H3/b21-13+. The number of ether oxygens (including phenoxy) is 2. The van der Waals surface area contributed by atoms with Crippen LogP contribution in [0, 0.1) is 25.2 Å². The van der Waals surface area contributed by atoms with Crippen molar-refractivity contribution in [2.24, 2.45) is 0 Å². The lowest BCUT2D eigenvalue weighted by Crippen LogP contribution is -2.03. The van der Waals surface area contributed by atoms with Crippen LogP contribution < -0.4 is 9.47 Å². The number of aromatic nitrogens is 1. The molecule has 0 bridgehead atoms. The highest BCUT2D eigenvalue weighted by molar-refractivity contribution is 6.14. The van der Waals surface area contributed by atoms with Gasteiger partial charge in [0, 0.05) is 11.8 Å². The number of Topliss-reactive ketones (excluding diaryl/α,β-unsaturated/α-hetero) is 1. The summed E-state index contributed by atoms with van der Waals surface area (Å²) in [7, 11) is 1.54. The Morgan fingerprint density at radius 2 is 1.87 bits per heavy atom. The van der Waals surface area contributed by atoms with Crippen molar-refractivity contribution in [3.8, 4) is 17.6 Å². The zero-order chi connectivity index (χ0) is 21.5. The minimum Gasteiger partial charge on any atom is -0.497 e. The number of ketones is 1. The fourth-order valence-electron chi connectivity index (χ4n) is 3.16. The minimum atomic E-state index is -0.345. The maximum Gasteiger partial charge on any atom is 0.203 e. The monoisotopic (exact) mass is 398 g/mol. The predicted molar refractivity (Wildman–Crippen MR) is 115 cm³/mol. The maximum absolute atomic E-state index is 12.8. The average molecular weight is 398 g/mol. The van der Waals surface area contributed by atoms with Crippen LogP contribution in [0.25, 0.3) is 6.08 Å². The van der Waals surface area contributed by atoms with Crippen molar-refractivity contribution in [2.75, 3.05) is 7.11 Å². The van der Waals surface area contributed by atoms with Gasteiger partial charge in [-0.05, 0) is 73.0 Å². The first-order valence-electron chi connectivity index (χ1n) is 9.46. The maximum atomic E-state index is 12.8. The van der Waals surface area contributed by atoms with Crippen LogP contribution in [-0.4, -0.2) is 17.9 Å². The van der Waals surface area contributed by atoms with Crippen molar-refractivity contribution < 1.29 is 14.3 Å². The van der Waals surface area contributed by atoms with Crippen molar-refractivity contribution in [3.05, 3.63) is 94.3 Å². The topological polar surface area (TPSA) is 72.2 Å². The number of allylic oxidation sites excluding steroid dienone is 1. The number of benzene rings is 2. The fraction of sp³-hybridized carbons (Fsp3) is 0.160. The third kappa shape index (κ3) is 4.92. The highest BCUT2D eigenvalue weighted by Gasteiger charge is 2.14. The normalized spacial score (nSPS) is 10.9. The molecule has 5 nitrogen and oxygen atoms in total. The summed E-state index contributed by atoms with van der Waals surface area (Å²) in [5.41, 5.74) is 3.92. The molecule has 1 aromatic heterocycles. The van der Waals surface area contributed by atoms with Crippen molar-refractivity contribution in [2.45, 2.75) is 20.5 Å². The third-order valence-corrected chi connectivity index (χ3v) is 4.58. The minimum absolute atomic E-state index is 0.0595. The Bertz CT molecular complexity index is 1110. The van der Waals surface area contributed by atoms with Gasteiger partial charge in [0.1, 0.15) is 29.7 Å². The highest BCUT2D eigenvalue weighted by Crippen LogP contribution is 2.27. The van der Waals surface area contributed by atoms with Gasteiger partial charge in [-0.2, -0.15) is 5.26 Å². The predicted octanol–water partition coefficient (Wildman–Crippen LogP) is 5.08. The lowest BCUT2D eigenvalue weighted by molar-refractivity contribution is 0.103. The van der Waals surface area contributed by atoms with E-state index in [1.54, 1.807) is 36.5 Å². The van der Waals surface area contributed by atoms with Gasteiger partial charge in [-0.15, -0.1) is 0 Å². The first-order chi connectivity index (χ1) is 14.5. The molecule has 0 amide bonds. The molecule has 0 N–H and O–H groups in total. The Kier molecular flexibility index (Phi) is 6.61. The second-order valence-electron chi connectivity index (χ2n) is 6.82. The van der Waals surface area contributed by atoms with Gasteiger partial charge >= 0.3 is 0 Å². The summed E-state index contributed by atoms with van der Waals surface area (Å²) in [6.45, 7) is 4.25. The number of pyridine rings is 1. The van der Waals surface area contributed by atoms with E-state index in [1.807, 2.05) is 50.2 Å². The van der Waals surface area contributed by atoms with Crippen LogP contribution >= 0.6 is 0 Å². The molecule has 0 saturated carbocycles. The molecule has 30 heavy (non-hydrogen) atoms. The number of hydrogen-bond acceptors (Lipinski definition) is 5. The molecule has 2 aromatic carbocycles. The summed E-state index contributed by atoms with van der Waals surface area (Å²) in [5, 5.41) is 9.55. The van der Waals surface area contributed by atoms with Crippen LogP contribution in [0.15, 0.2) is 66.4 Å². The zero-order valence-corrected chi connectivity index (χ0v) is 17.2. The van der Waals surface area contributed by atoms with Crippen LogP contribution in [-0.2, 0) is 6.61 Å². The summed E-state index contributed by atoms with van der Waals surface area (Å²) in [6, 6.07) is 18.3. The number of nitrogens with zero attached hydrogens (tertiary/aromatic N) is 2. The summed E-state index contributed by atoms with van der Waals surface area (Å²) in [4.78, 5) is 17.0. The lowest BCUT2D eigenvalue weighted by Gasteiger charge is -2.13. The third-order valence-electron chi connectivity index (χ3n) is 4.58. The molecule has 150 valence electrons. The van der Waals surface area contributed by atoms with Gasteiger partial charge in [-0.25, -0.2) is 0 Å². The number of aryl methyl sites for hydroxylation is 2. The number of hydrogen-bond donors (Lipinski definition) is 0. The molecule has 0 aliphatic heterocycles. The second kappa shape index (κ2) is 9.53. The van der Waals surface area contributed by atoms with Gasteiger partial charge in [0.25, 0.3) is 0 Å². The molecule has 0 aliphatic carbocycles. The van der Waals surface area contributed by atoms with Crippen LogP contribution in [0.1, 0.15) is 32.7 Å². The molecule has 5 heteroatoms. The second-order valence-corrected chi connectivity index (χ2v) is 6.82. The van der Waals surface area contributed by atoms with E-state index in [0.29, 0.717) is 17.9 Å². The molecule has 0 radical (unpaired) electrons. The highest BCUT2D eigenvalue weighted by atomic mass is 16.5. The van der Waals surface area contributed by atoms with E-state index < -0.39 is 0 Å². The largest absolute Gasteiger partial charge is 0.497 e. The van der Waals surface area contributed by atoms with Crippen molar-refractivity contribution in [1.82, 2.24) is 4.98 Å². The van der Waals surface area contributed by atoms with E-state index in [0.717, 1.165) is 28.1 Å². The summed E-state index contributed by atoms with van der Waals surface area (Å²) >= 11 is 0.